The molecule has 0 bridgehead atoms. The van der Waals surface area contributed by atoms with Gasteiger partial charge in [0.2, 0.25) is 11.8 Å². The zero-order valence-corrected chi connectivity index (χ0v) is 18.5. The van der Waals surface area contributed by atoms with E-state index in [-0.39, 0.29) is 18.2 Å². The molecule has 0 spiro atoms. The van der Waals surface area contributed by atoms with Crippen LogP contribution in [0.3, 0.4) is 0 Å². The molecular formula is C19H16Cl3N3O3S. The summed E-state index contributed by atoms with van der Waals surface area (Å²) in [6.07, 6.45) is 0.0523. The summed E-state index contributed by atoms with van der Waals surface area (Å²) in [6, 6.07) is 9.82. The highest BCUT2D eigenvalue weighted by Gasteiger charge is 2.34. The zero-order valence-electron chi connectivity index (χ0n) is 15.4. The third-order valence-electron chi connectivity index (χ3n) is 4.11. The number of ether oxygens (including phenoxy) is 1. The van der Waals surface area contributed by atoms with Gasteiger partial charge in [-0.1, -0.05) is 46.6 Å². The van der Waals surface area contributed by atoms with Crippen molar-refractivity contribution in [2.45, 2.75) is 11.7 Å². The number of nitrogens with one attached hydrogen (secondary N) is 1. The molecule has 0 saturated carbocycles. The van der Waals surface area contributed by atoms with Gasteiger partial charge in [0.15, 0.2) is 5.17 Å². The summed E-state index contributed by atoms with van der Waals surface area (Å²) < 4.78 is 5.13. The molecule has 0 aromatic heterocycles. The summed E-state index contributed by atoms with van der Waals surface area (Å²) in [5.74, 6) is -0.0121. The molecule has 152 valence electrons. The van der Waals surface area contributed by atoms with E-state index in [9.17, 15) is 9.59 Å². The minimum Gasteiger partial charge on any atom is -0.495 e. The highest BCUT2D eigenvalue weighted by atomic mass is 35.5. The van der Waals surface area contributed by atoms with E-state index in [1.807, 2.05) is 0 Å². The van der Waals surface area contributed by atoms with Crippen LogP contribution in [-0.2, 0) is 9.59 Å². The van der Waals surface area contributed by atoms with E-state index in [4.69, 9.17) is 39.5 Å². The standard InChI is InChI=1S/C19H16Cl3N3O3S/c1-25-17(26)9-16(18(27)23-10-3-5-12(20)13(21)7-10)29-19(25)24-11-4-6-15(28-2)14(22)8-11/h3-8,16H,9H2,1-2H3,(H,23,27). The van der Waals surface area contributed by atoms with E-state index in [2.05, 4.69) is 10.3 Å². The lowest BCUT2D eigenvalue weighted by Gasteiger charge is -2.28. The summed E-state index contributed by atoms with van der Waals surface area (Å²) in [6.45, 7) is 0. The summed E-state index contributed by atoms with van der Waals surface area (Å²) in [5, 5.41) is 3.64. The second kappa shape index (κ2) is 9.26. The third-order valence-corrected chi connectivity index (χ3v) is 6.38. The van der Waals surface area contributed by atoms with Crippen LogP contribution in [0.2, 0.25) is 15.1 Å². The first-order valence-electron chi connectivity index (χ1n) is 8.40. The monoisotopic (exact) mass is 471 g/mol. The van der Waals surface area contributed by atoms with E-state index in [1.165, 1.54) is 23.8 Å². The van der Waals surface area contributed by atoms with Gasteiger partial charge >= 0.3 is 0 Å². The van der Waals surface area contributed by atoms with E-state index >= 15 is 0 Å². The van der Waals surface area contributed by atoms with Crippen molar-refractivity contribution in [2.75, 3.05) is 19.5 Å². The Morgan fingerprint density at radius 1 is 1.17 bits per heavy atom. The van der Waals surface area contributed by atoms with Crippen LogP contribution in [0.5, 0.6) is 5.75 Å². The molecule has 1 aliphatic heterocycles. The van der Waals surface area contributed by atoms with Crippen molar-refractivity contribution in [2.24, 2.45) is 4.99 Å². The summed E-state index contributed by atoms with van der Waals surface area (Å²) in [5.41, 5.74) is 1.04. The Kier molecular flexibility index (Phi) is 6.95. The fourth-order valence-electron chi connectivity index (χ4n) is 2.53. The van der Waals surface area contributed by atoms with Crippen molar-refractivity contribution >= 4 is 74.9 Å². The number of halogens is 3. The Morgan fingerprint density at radius 3 is 2.59 bits per heavy atom. The first kappa shape index (κ1) is 21.8. The van der Waals surface area contributed by atoms with Crippen LogP contribution in [0.1, 0.15) is 6.42 Å². The second-order valence-electron chi connectivity index (χ2n) is 6.09. The molecule has 1 saturated heterocycles. The number of benzene rings is 2. The predicted octanol–water partition coefficient (Wildman–Crippen LogP) is 5.25. The number of rotatable bonds is 4. The van der Waals surface area contributed by atoms with E-state index < -0.39 is 5.25 Å². The smallest absolute Gasteiger partial charge is 0.238 e. The molecule has 0 aliphatic carbocycles. The van der Waals surface area contributed by atoms with Crippen LogP contribution in [0.25, 0.3) is 0 Å². The number of amides is 2. The fourth-order valence-corrected chi connectivity index (χ4v) is 4.14. The molecular weight excluding hydrogens is 457 g/mol. The summed E-state index contributed by atoms with van der Waals surface area (Å²) in [7, 11) is 3.14. The van der Waals surface area contributed by atoms with Crippen molar-refractivity contribution in [1.82, 2.24) is 4.90 Å². The largest absolute Gasteiger partial charge is 0.495 e. The Hall–Kier alpha value is -1.93. The molecule has 0 radical (unpaired) electrons. The maximum absolute atomic E-state index is 12.7. The normalized spacial score (nSPS) is 18.1. The molecule has 3 rings (SSSR count). The van der Waals surface area contributed by atoms with Crippen LogP contribution in [-0.4, -0.2) is 41.3 Å². The van der Waals surface area contributed by atoms with E-state index in [0.717, 1.165) is 0 Å². The molecule has 1 aliphatic rings. The lowest BCUT2D eigenvalue weighted by molar-refractivity contribution is -0.128. The Morgan fingerprint density at radius 2 is 1.93 bits per heavy atom. The minimum absolute atomic E-state index is 0.0523. The lowest BCUT2D eigenvalue weighted by Crippen LogP contribution is -2.43. The van der Waals surface area contributed by atoms with Crippen LogP contribution in [0.15, 0.2) is 41.4 Å². The molecule has 2 amide bonds. The number of thioether (sulfide) groups is 1. The molecule has 1 heterocycles. The first-order valence-corrected chi connectivity index (χ1v) is 10.4. The van der Waals surface area contributed by atoms with Crippen molar-refractivity contribution in [3.8, 4) is 5.75 Å². The quantitative estimate of drug-likeness (QED) is 0.660. The van der Waals surface area contributed by atoms with E-state index in [1.54, 1.807) is 43.4 Å². The zero-order chi connectivity index (χ0) is 21.1. The Labute approximate surface area is 187 Å². The van der Waals surface area contributed by atoms with Gasteiger partial charge in [-0.15, -0.1) is 0 Å². The van der Waals surface area contributed by atoms with Crippen LogP contribution in [0.4, 0.5) is 11.4 Å². The molecule has 2 aromatic rings. The van der Waals surface area contributed by atoms with Gasteiger partial charge < -0.3 is 10.1 Å². The Balaban J connectivity index is 1.79. The predicted molar refractivity (Wildman–Crippen MR) is 119 cm³/mol. The second-order valence-corrected chi connectivity index (χ2v) is 8.49. The van der Waals surface area contributed by atoms with Gasteiger partial charge in [0.1, 0.15) is 11.0 Å². The SMILES string of the molecule is COc1ccc(N=C2SC(C(=O)Nc3ccc(Cl)c(Cl)c3)CC(=O)N2C)cc1Cl. The van der Waals surface area contributed by atoms with Gasteiger partial charge in [0.25, 0.3) is 0 Å². The van der Waals surface area contributed by atoms with Gasteiger partial charge in [0, 0.05) is 19.2 Å². The molecule has 1 unspecified atom stereocenters. The number of carbonyl (C=O) groups is 2. The number of amidine groups is 1. The van der Waals surface area contributed by atoms with Crippen LogP contribution in [0, 0.1) is 0 Å². The number of anilines is 1. The number of hydrogen-bond acceptors (Lipinski definition) is 5. The topological polar surface area (TPSA) is 71.0 Å². The number of carbonyl (C=O) groups excluding carboxylic acids is 2. The van der Waals surface area contributed by atoms with Gasteiger partial charge in [-0.3, -0.25) is 14.5 Å². The molecule has 1 fully saturated rings. The molecule has 1 atom stereocenters. The summed E-state index contributed by atoms with van der Waals surface area (Å²) in [4.78, 5) is 31.0. The highest BCUT2D eigenvalue weighted by molar-refractivity contribution is 8.15. The molecule has 6 nitrogen and oxygen atoms in total. The number of aliphatic imine (C=N–C) groups is 1. The maximum atomic E-state index is 12.7. The number of nitrogens with zero attached hydrogens (tertiary/aromatic N) is 2. The van der Waals surface area contributed by atoms with Gasteiger partial charge in [-0.05, 0) is 36.4 Å². The van der Waals surface area contributed by atoms with Crippen molar-refractivity contribution in [3.63, 3.8) is 0 Å². The summed E-state index contributed by atoms with van der Waals surface area (Å²) >= 11 is 19.2. The molecule has 1 N–H and O–H groups in total. The van der Waals surface area contributed by atoms with Gasteiger partial charge in [0.05, 0.1) is 27.9 Å². The maximum Gasteiger partial charge on any atom is 0.238 e. The number of hydrogen-bond donors (Lipinski definition) is 1. The lowest BCUT2D eigenvalue weighted by atomic mass is 10.2. The van der Waals surface area contributed by atoms with Gasteiger partial charge in [-0.25, -0.2) is 4.99 Å². The molecule has 10 heteroatoms. The van der Waals surface area contributed by atoms with Crippen LogP contribution < -0.4 is 10.1 Å². The third kappa shape index (κ3) is 5.17. The Bertz CT molecular complexity index is 1000. The van der Waals surface area contributed by atoms with E-state index in [0.29, 0.717) is 37.4 Å². The van der Waals surface area contributed by atoms with Crippen molar-refractivity contribution in [1.29, 1.82) is 0 Å². The number of methoxy groups -OCH3 is 1. The van der Waals surface area contributed by atoms with Gasteiger partial charge in [-0.2, -0.15) is 0 Å². The average Bonchev–Trinajstić information content (AvgIpc) is 2.68. The molecule has 2 aromatic carbocycles. The minimum atomic E-state index is -0.638. The van der Waals surface area contributed by atoms with Crippen LogP contribution >= 0.6 is 46.6 Å². The van der Waals surface area contributed by atoms with Crippen molar-refractivity contribution < 1.29 is 14.3 Å². The average molecular weight is 473 g/mol. The van der Waals surface area contributed by atoms with Crippen molar-refractivity contribution in [3.05, 3.63) is 51.5 Å². The first-order chi connectivity index (χ1) is 13.8. The highest BCUT2D eigenvalue weighted by Crippen LogP contribution is 2.33. The fraction of sp³-hybridized carbons (Fsp3) is 0.211. The molecule has 29 heavy (non-hydrogen) atoms.